The van der Waals surface area contributed by atoms with Crippen LogP contribution in [0.15, 0.2) is 35.0 Å². The maximum atomic E-state index is 13.6. The second-order valence-electron chi connectivity index (χ2n) is 8.67. The van der Waals surface area contributed by atoms with Gasteiger partial charge in [0.2, 0.25) is 18.5 Å². The lowest BCUT2D eigenvalue weighted by molar-refractivity contribution is -0.131. The summed E-state index contributed by atoms with van der Waals surface area (Å²) in [6.45, 7) is 4.09. The number of amides is 1. The molecule has 12 heteroatoms. The molecular weight excluding hydrogens is 469 g/mol. The lowest BCUT2D eigenvalue weighted by atomic mass is 9.70. The first-order chi connectivity index (χ1) is 16.3. The van der Waals surface area contributed by atoms with Gasteiger partial charge in [0, 0.05) is 5.92 Å². The van der Waals surface area contributed by atoms with E-state index in [0.29, 0.717) is 18.4 Å². The molecule has 0 spiro atoms. The summed E-state index contributed by atoms with van der Waals surface area (Å²) in [5.41, 5.74) is 0.478. The van der Waals surface area contributed by atoms with E-state index in [-0.39, 0.29) is 37.3 Å². The molecule has 6 atom stereocenters. The van der Waals surface area contributed by atoms with E-state index < -0.39 is 49.9 Å². The van der Waals surface area contributed by atoms with Crippen molar-refractivity contribution in [2.24, 2.45) is 11.8 Å². The number of carbonyl (C=O) groups is 1. The van der Waals surface area contributed by atoms with Crippen LogP contribution >= 0.6 is 7.82 Å². The van der Waals surface area contributed by atoms with Crippen molar-refractivity contribution < 1.29 is 47.7 Å². The molecule has 0 aromatic rings. The number of phosphoric acid groups is 1. The molecule has 0 aromatic heterocycles. The predicted molar refractivity (Wildman–Crippen MR) is 118 cm³/mol. The Morgan fingerprint density at radius 3 is 2.38 bits per heavy atom. The van der Waals surface area contributed by atoms with Crippen molar-refractivity contribution in [1.29, 1.82) is 0 Å². The zero-order valence-corrected chi connectivity index (χ0v) is 20.1. The van der Waals surface area contributed by atoms with Gasteiger partial charge in [-0.3, -0.25) is 13.8 Å². The Morgan fingerprint density at radius 1 is 1.06 bits per heavy atom. The van der Waals surface area contributed by atoms with Gasteiger partial charge in [0.15, 0.2) is 11.5 Å². The maximum absolute atomic E-state index is 13.6. The van der Waals surface area contributed by atoms with Gasteiger partial charge in [-0.2, -0.15) is 0 Å². The fourth-order valence-corrected chi connectivity index (χ4v) is 5.74. The molecule has 2 fully saturated rings. The summed E-state index contributed by atoms with van der Waals surface area (Å²) in [4.78, 5) is 13.2. The van der Waals surface area contributed by atoms with Crippen molar-refractivity contribution in [3.63, 3.8) is 0 Å². The summed E-state index contributed by atoms with van der Waals surface area (Å²) in [5, 5.41) is 33.4. The lowest BCUT2D eigenvalue weighted by Crippen LogP contribution is -2.62. The minimum atomic E-state index is -4.12. The number of aliphatic hydroxyl groups excluding tert-OH is 3. The van der Waals surface area contributed by atoms with Crippen molar-refractivity contribution >= 4 is 13.7 Å². The molecule has 2 aliphatic heterocycles. The molecule has 11 nitrogen and oxygen atoms in total. The number of aliphatic hydroxyl groups is 3. The zero-order chi connectivity index (χ0) is 24.5. The van der Waals surface area contributed by atoms with Crippen LogP contribution < -0.4 is 5.32 Å². The molecule has 0 bridgehead atoms. The third-order valence-electron chi connectivity index (χ3n) is 6.27. The molecule has 2 unspecified atom stereocenters. The lowest BCUT2D eigenvalue weighted by Gasteiger charge is -2.45. The predicted octanol–water partition coefficient (Wildman–Crippen LogP) is 1.61. The summed E-state index contributed by atoms with van der Waals surface area (Å²) in [6.07, 6.45) is 1.77. The molecule has 190 valence electrons. The smallest absolute Gasteiger partial charge is 0.454 e. The largest absolute Gasteiger partial charge is 0.529 e. The molecule has 0 saturated carbocycles. The summed E-state index contributed by atoms with van der Waals surface area (Å²) in [7, 11) is -4.12. The van der Waals surface area contributed by atoms with Crippen molar-refractivity contribution in [2.75, 3.05) is 20.0 Å². The number of ether oxygens (including phenoxy) is 2. The second kappa shape index (κ2) is 10.4. The molecular formula is C22H32NO10P. The van der Waals surface area contributed by atoms with Crippen molar-refractivity contribution in [1.82, 2.24) is 5.32 Å². The zero-order valence-electron chi connectivity index (χ0n) is 19.2. The number of nitrogens with one attached hydrogen (secondary N) is 1. The normalized spacial score (nSPS) is 32.4. The Hall–Kier alpha value is -1.88. The van der Waals surface area contributed by atoms with Crippen LogP contribution in [0.2, 0.25) is 0 Å². The van der Waals surface area contributed by atoms with E-state index in [9.17, 15) is 24.7 Å². The van der Waals surface area contributed by atoms with Gasteiger partial charge >= 0.3 is 7.82 Å². The molecule has 0 radical (unpaired) electrons. The van der Waals surface area contributed by atoms with E-state index in [4.69, 9.17) is 23.0 Å². The maximum Gasteiger partial charge on any atom is 0.529 e. The Balaban J connectivity index is 1.69. The Kier molecular flexibility index (Phi) is 7.71. The molecule has 0 aromatic carbocycles. The van der Waals surface area contributed by atoms with Crippen LogP contribution in [0, 0.1) is 11.8 Å². The second-order valence-corrected chi connectivity index (χ2v) is 10.3. The number of carbonyl (C=O) groups excluding carboxylic acids is 1. The first kappa shape index (κ1) is 25.2. The van der Waals surface area contributed by atoms with Crippen LogP contribution in [-0.4, -0.2) is 65.6 Å². The Labute approximate surface area is 198 Å². The van der Waals surface area contributed by atoms with Crippen LogP contribution in [0.3, 0.4) is 0 Å². The van der Waals surface area contributed by atoms with Gasteiger partial charge in [0.05, 0.1) is 19.3 Å². The number of fused-ring (bicyclic) bond motifs is 4. The minimum absolute atomic E-state index is 0.0525. The van der Waals surface area contributed by atoms with Gasteiger partial charge in [-0.25, -0.2) is 4.57 Å². The van der Waals surface area contributed by atoms with Crippen LogP contribution in [-0.2, 0) is 32.4 Å². The average molecular weight is 501 g/mol. The van der Waals surface area contributed by atoms with Crippen molar-refractivity contribution in [3.8, 4) is 0 Å². The van der Waals surface area contributed by atoms with Crippen LogP contribution in [0.1, 0.15) is 39.5 Å². The molecule has 34 heavy (non-hydrogen) atoms. The topological polar surface area (TPSA) is 153 Å². The van der Waals surface area contributed by atoms with E-state index >= 15 is 0 Å². The minimum Gasteiger partial charge on any atom is -0.454 e. The molecule has 2 heterocycles. The highest BCUT2D eigenvalue weighted by atomic mass is 31.2. The molecule has 4 N–H and O–H groups in total. The standard InChI is InChI=1S/C22H32NO10P/c1-3-5-7-31-34(28,32-8-6-4-2)33-21-16-12(10-15-20(21)30-11-29-15)13-9-14(24)18(25)19(26)17(13)23-22(16)27/h9-10,12,14,16-19,24-26H,3-8,11H2,1-2H3,(H,23,27)/t12?,14-,16?,17+,18+,19-/m0/s1. The van der Waals surface area contributed by atoms with Gasteiger partial charge in [-0.05, 0) is 24.5 Å². The van der Waals surface area contributed by atoms with Crippen molar-refractivity contribution in [2.45, 2.75) is 63.9 Å². The van der Waals surface area contributed by atoms with Gasteiger partial charge in [0.25, 0.3) is 0 Å². The number of hydrogen-bond donors (Lipinski definition) is 4. The Bertz CT molecular complexity index is 917. The summed E-state index contributed by atoms with van der Waals surface area (Å²) >= 11 is 0. The first-order valence-corrected chi connectivity index (χ1v) is 13.1. The number of phosphoric ester groups is 1. The number of piperidine rings is 1. The third-order valence-corrected chi connectivity index (χ3v) is 7.69. The quantitative estimate of drug-likeness (QED) is 0.197. The number of allylic oxidation sites excluding steroid dienone is 1. The highest BCUT2D eigenvalue weighted by Crippen LogP contribution is 2.56. The van der Waals surface area contributed by atoms with Crippen molar-refractivity contribution in [3.05, 3.63) is 35.0 Å². The third kappa shape index (κ3) is 4.78. The van der Waals surface area contributed by atoms with Gasteiger partial charge < -0.3 is 34.6 Å². The number of rotatable bonds is 10. The molecule has 2 saturated heterocycles. The first-order valence-electron chi connectivity index (χ1n) is 11.7. The van der Waals surface area contributed by atoms with Gasteiger partial charge in [-0.1, -0.05) is 32.8 Å². The molecule has 2 aliphatic carbocycles. The van der Waals surface area contributed by atoms with E-state index in [1.54, 1.807) is 6.08 Å². The van der Waals surface area contributed by atoms with Crippen LogP contribution in [0.5, 0.6) is 0 Å². The van der Waals surface area contributed by atoms with E-state index in [2.05, 4.69) is 5.32 Å². The summed E-state index contributed by atoms with van der Waals surface area (Å²) in [6, 6.07) is -0.914. The summed E-state index contributed by atoms with van der Waals surface area (Å²) in [5.74, 6) is -1.90. The van der Waals surface area contributed by atoms with Gasteiger partial charge in [0.1, 0.15) is 24.2 Å². The number of hydrogen-bond acceptors (Lipinski definition) is 10. The molecule has 4 aliphatic rings. The van der Waals surface area contributed by atoms with E-state index in [0.717, 1.165) is 12.8 Å². The number of unbranched alkanes of at least 4 members (excludes halogenated alkanes) is 2. The fraction of sp³-hybridized carbons (Fsp3) is 0.682. The highest BCUT2D eigenvalue weighted by Gasteiger charge is 2.54. The van der Waals surface area contributed by atoms with E-state index in [1.807, 2.05) is 13.8 Å². The van der Waals surface area contributed by atoms with E-state index in [1.165, 1.54) is 6.08 Å². The van der Waals surface area contributed by atoms with Crippen LogP contribution in [0.25, 0.3) is 0 Å². The molecule has 4 rings (SSSR count). The summed E-state index contributed by atoms with van der Waals surface area (Å²) < 4.78 is 41.6. The average Bonchev–Trinajstić information content (AvgIpc) is 3.28. The molecule has 1 amide bonds. The SMILES string of the molecule is CCCCOP(=O)(OCCCC)OC1=C2OCOC2=CC2C3=C[C@H](O)[C@@H](O)[C@@H](O)[C@@H]3NC(=O)C12. The Morgan fingerprint density at radius 2 is 1.74 bits per heavy atom. The highest BCUT2D eigenvalue weighted by molar-refractivity contribution is 7.48. The fourth-order valence-electron chi connectivity index (χ4n) is 4.42. The van der Waals surface area contributed by atoms with Gasteiger partial charge in [-0.15, -0.1) is 0 Å². The van der Waals surface area contributed by atoms with Crippen LogP contribution in [0.4, 0.5) is 0 Å². The monoisotopic (exact) mass is 501 g/mol.